The fourth-order valence-electron chi connectivity index (χ4n) is 1.19. The first-order valence-corrected chi connectivity index (χ1v) is 5.96. The number of alkyl halides is 1. The fraction of sp³-hybridized carbons (Fsp3) is 0.333. The first kappa shape index (κ1) is 13.7. The van der Waals surface area contributed by atoms with Gasteiger partial charge in [0.25, 0.3) is 0 Å². The second kappa shape index (κ2) is 5.31. The van der Waals surface area contributed by atoms with E-state index in [4.69, 9.17) is 5.73 Å². The number of amides is 2. The standard InChI is InChI=1S/C12H15BrN2O2/c1-12(2,13)11(17)15-9-5-3-8(4-6-9)7-10(14)16/h3-6H,7H2,1-2H3,(H2,14,16)(H,15,17). The maximum Gasteiger partial charge on any atom is 0.240 e. The molecule has 0 unspecified atom stereocenters. The largest absolute Gasteiger partial charge is 0.369 e. The van der Waals surface area contributed by atoms with Gasteiger partial charge in [-0.3, -0.25) is 9.59 Å². The predicted molar refractivity (Wildman–Crippen MR) is 71.0 cm³/mol. The molecule has 0 saturated carbocycles. The molecule has 0 bridgehead atoms. The number of benzene rings is 1. The Morgan fingerprint density at radius 3 is 2.24 bits per heavy atom. The molecule has 3 N–H and O–H groups in total. The van der Waals surface area contributed by atoms with Gasteiger partial charge in [0, 0.05) is 5.69 Å². The number of nitrogens with two attached hydrogens (primary N) is 1. The van der Waals surface area contributed by atoms with Crippen LogP contribution in [0.1, 0.15) is 19.4 Å². The molecule has 0 atom stereocenters. The Labute approximate surface area is 109 Å². The van der Waals surface area contributed by atoms with E-state index in [1.165, 1.54) is 0 Å². The molecule has 0 aliphatic heterocycles. The lowest BCUT2D eigenvalue weighted by atomic mass is 10.1. The van der Waals surface area contributed by atoms with Gasteiger partial charge in [0.1, 0.15) is 0 Å². The van der Waals surface area contributed by atoms with E-state index < -0.39 is 4.32 Å². The zero-order valence-corrected chi connectivity index (χ0v) is 11.4. The average Bonchev–Trinajstić information content (AvgIpc) is 2.18. The van der Waals surface area contributed by atoms with Crippen LogP contribution in [0.15, 0.2) is 24.3 Å². The summed E-state index contributed by atoms with van der Waals surface area (Å²) in [5.74, 6) is -0.497. The highest BCUT2D eigenvalue weighted by atomic mass is 79.9. The lowest BCUT2D eigenvalue weighted by Gasteiger charge is -2.15. The van der Waals surface area contributed by atoms with Gasteiger partial charge in [-0.1, -0.05) is 28.1 Å². The van der Waals surface area contributed by atoms with Gasteiger partial charge >= 0.3 is 0 Å². The van der Waals surface area contributed by atoms with Crippen molar-refractivity contribution in [3.8, 4) is 0 Å². The van der Waals surface area contributed by atoms with Gasteiger partial charge in [-0.05, 0) is 31.5 Å². The third kappa shape index (κ3) is 4.56. The van der Waals surface area contributed by atoms with Crippen molar-refractivity contribution >= 4 is 33.4 Å². The van der Waals surface area contributed by atoms with E-state index in [0.29, 0.717) is 5.69 Å². The number of anilines is 1. The summed E-state index contributed by atoms with van der Waals surface area (Å²) in [6.07, 6.45) is 0.207. The number of primary amides is 1. The van der Waals surface area contributed by atoms with Crippen LogP contribution < -0.4 is 11.1 Å². The molecular weight excluding hydrogens is 284 g/mol. The molecule has 0 aliphatic rings. The summed E-state index contributed by atoms with van der Waals surface area (Å²) in [6.45, 7) is 3.54. The third-order valence-electron chi connectivity index (χ3n) is 2.13. The van der Waals surface area contributed by atoms with E-state index in [-0.39, 0.29) is 18.2 Å². The number of hydrogen-bond acceptors (Lipinski definition) is 2. The van der Waals surface area contributed by atoms with Crippen molar-refractivity contribution in [2.75, 3.05) is 5.32 Å². The van der Waals surface area contributed by atoms with Gasteiger partial charge < -0.3 is 11.1 Å². The molecule has 1 aromatic carbocycles. The SMILES string of the molecule is CC(C)(Br)C(=O)Nc1ccc(CC(N)=O)cc1. The first-order chi connectivity index (χ1) is 7.79. The zero-order valence-electron chi connectivity index (χ0n) is 9.79. The average molecular weight is 299 g/mol. The molecule has 4 nitrogen and oxygen atoms in total. The summed E-state index contributed by atoms with van der Waals surface area (Å²) in [5.41, 5.74) is 6.60. The molecule has 92 valence electrons. The Morgan fingerprint density at radius 1 is 1.29 bits per heavy atom. The van der Waals surface area contributed by atoms with Crippen LogP contribution in [-0.2, 0) is 16.0 Å². The molecule has 5 heteroatoms. The topological polar surface area (TPSA) is 72.2 Å². The van der Waals surface area contributed by atoms with Crippen molar-refractivity contribution in [1.82, 2.24) is 0 Å². The van der Waals surface area contributed by atoms with Crippen LogP contribution in [0.4, 0.5) is 5.69 Å². The van der Waals surface area contributed by atoms with Crippen molar-refractivity contribution in [2.24, 2.45) is 5.73 Å². The van der Waals surface area contributed by atoms with Gasteiger partial charge in [-0.2, -0.15) is 0 Å². The maximum atomic E-state index is 11.7. The van der Waals surface area contributed by atoms with E-state index in [1.807, 2.05) is 0 Å². The molecule has 17 heavy (non-hydrogen) atoms. The summed E-state index contributed by atoms with van der Waals surface area (Å²) < 4.78 is -0.612. The highest BCUT2D eigenvalue weighted by Gasteiger charge is 2.23. The van der Waals surface area contributed by atoms with Crippen molar-refractivity contribution in [1.29, 1.82) is 0 Å². The minimum atomic E-state index is -0.612. The molecule has 0 radical (unpaired) electrons. The molecule has 0 aromatic heterocycles. The molecule has 1 aromatic rings. The Balaban J connectivity index is 2.69. The van der Waals surface area contributed by atoms with Crippen LogP contribution in [0.25, 0.3) is 0 Å². The van der Waals surface area contributed by atoms with Crippen molar-refractivity contribution < 1.29 is 9.59 Å². The molecule has 1 rings (SSSR count). The normalized spacial score (nSPS) is 11.0. The van der Waals surface area contributed by atoms with E-state index in [1.54, 1.807) is 38.1 Å². The van der Waals surface area contributed by atoms with Gasteiger partial charge in [-0.15, -0.1) is 0 Å². The third-order valence-corrected chi connectivity index (χ3v) is 2.49. The van der Waals surface area contributed by atoms with E-state index >= 15 is 0 Å². The number of carbonyl (C=O) groups is 2. The van der Waals surface area contributed by atoms with Gasteiger partial charge in [0.05, 0.1) is 10.7 Å². The van der Waals surface area contributed by atoms with Gasteiger partial charge in [0.2, 0.25) is 11.8 Å². The second-order valence-corrected chi connectivity index (χ2v) is 6.25. The van der Waals surface area contributed by atoms with Crippen LogP contribution in [0.5, 0.6) is 0 Å². The molecule has 0 spiro atoms. The lowest BCUT2D eigenvalue weighted by Crippen LogP contribution is -2.30. The van der Waals surface area contributed by atoms with Crippen molar-refractivity contribution in [3.05, 3.63) is 29.8 Å². The van der Waals surface area contributed by atoms with Crippen molar-refractivity contribution in [3.63, 3.8) is 0 Å². The van der Waals surface area contributed by atoms with Crippen LogP contribution in [0.3, 0.4) is 0 Å². The van der Waals surface area contributed by atoms with E-state index in [2.05, 4.69) is 21.2 Å². The Kier molecular flexibility index (Phi) is 4.28. The van der Waals surface area contributed by atoms with Crippen LogP contribution >= 0.6 is 15.9 Å². The monoisotopic (exact) mass is 298 g/mol. The first-order valence-electron chi connectivity index (χ1n) is 5.16. The number of halogens is 1. The summed E-state index contributed by atoms with van der Waals surface area (Å²) in [6, 6.07) is 7.02. The summed E-state index contributed by atoms with van der Waals surface area (Å²) >= 11 is 3.28. The molecule has 2 amide bonds. The van der Waals surface area contributed by atoms with E-state index in [9.17, 15) is 9.59 Å². The zero-order chi connectivity index (χ0) is 13.1. The molecular formula is C12H15BrN2O2. The lowest BCUT2D eigenvalue weighted by molar-refractivity contribution is -0.118. The predicted octanol–water partition coefficient (Wildman–Crippen LogP) is 1.83. The summed E-state index contributed by atoms with van der Waals surface area (Å²) in [4.78, 5) is 22.4. The Morgan fingerprint density at radius 2 is 1.82 bits per heavy atom. The summed E-state index contributed by atoms with van der Waals surface area (Å²) in [5, 5.41) is 2.76. The van der Waals surface area contributed by atoms with E-state index in [0.717, 1.165) is 5.56 Å². The number of carbonyl (C=O) groups excluding carboxylic acids is 2. The second-order valence-electron chi connectivity index (χ2n) is 4.27. The maximum absolute atomic E-state index is 11.7. The Hall–Kier alpha value is -1.36. The highest BCUT2D eigenvalue weighted by Crippen LogP contribution is 2.19. The number of hydrogen-bond donors (Lipinski definition) is 2. The van der Waals surface area contributed by atoms with Crippen LogP contribution in [0, 0.1) is 0 Å². The van der Waals surface area contributed by atoms with Crippen molar-refractivity contribution in [2.45, 2.75) is 24.6 Å². The van der Waals surface area contributed by atoms with Crippen LogP contribution in [-0.4, -0.2) is 16.1 Å². The Bertz CT molecular complexity index is 421. The minimum absolute atomic E-state index is 0.125. The highest BCUT2D eigenvalue weighted by molar-refractivity contribution is 9.10. The quantitative estimate of drug-likeness (QED) is 0.832. The molecule has 0 fully saturated rings. The number of rotatable bonds is 4. The number of nitrogens with one attached hydrogen (secondary N) is 1. The smallest absolute Gasteiger partial charge is 0.240 e. The van der Waals surface area contributed by atoms with Crippen LogP contribution in [0.2, 0.25) is 0 Å². The molecule has 0 saturated heterocycles. The minimum Gasteiger partial charge on any atom is -0.369 e. The summed E-state index contributed by atoms with van der Waals surface area (Å²) in [7, 11) is 0. The van der Waals surface area contributed by atoms with Gasteiger partial charge in [-0.25, -0.2) is 0 Å². The fourth-order valence-corrected chi connectivity index (χ4v) is 1.29. The molecule has 0 aliphatic carbocycles. The van der Waals surface area contributed by atoms with Gasteiger partial charge in [0.15, 0.2) is 0 Å². The molecule has 0 heterocycles.